The summed E-state index contributed by atoms with van der Waals surface area (Å²) in [6.45, 7) is 0. The molecule has 4 aromatic rings. The summed E-state index contributed by atoms with van der Waals surface area (Å²) in [5, 5.41) is 83.8. The van der Waals surface area contributed by atoms with Crippen LogP contribution in [0.3, 0.4) is 0 Å². The number of likely N-dealkylation sites (N-methyl/N-ethyl adjacent to an activating group) is 2. The van der Waals surface area contributed by atoms with Gasteiger partial charge in [0.05, 0.1) is 10.8 Å². The molecule has 0 fully saturated rings. The van der Waals surface area contributed by atoms with Crippen molar-refractivity contribution < 1.29 is 59.4 Å². The number of aliphatic hydroxyl groups is 8. The first-order valence-corrected chi connectivity index (χ1v) is 13.3. The molecule has 17 heteroatoms. The molecule has 16 nitrogen and oxygen atoms in total. The maximum atomic E-state index is 13.2. The second-order valence-electron chi connectivity index (χ2n) is 9.82. The van der Waals surface area contributed by atoms with Gasteiger partial charge in [-0.3, -0.25) is 14.7 Å². The smallest absolute Gasteiger partial charge is 0.394 e. The van der Waals surface area contributed by atoms with E-state index in [-0.39, 0.29) is 21.8 Å². The van der Waals surface area contributed by atoms with Gasteiger partial charge in [-0.05, 0) is 52.5 Å². The molecule has 0 unspecified atom stereocenters. The Kier molecular flexibility index (Phi) is 7.54. The number of nitrogens with one attached hydrogen (secondary N) is 2. The van der Waals surface area contributed by atoms with Crippen LogP contribution in [0, 0.1) is 0 Å². The molecule has 2 aromatic heterocycles. The molecule has 4 rings (SSSR count). The summed E-state index contributed by atoms with van der Waals surface area (Å²) in [6, 6.07) is 8.06. The lowest BCUT2D eigenvalue weighted by Crippen LogP contribution is -2.60. The second-order valence-corrected chi connectivity index (χ2v) is 11.1. The van der Waals surface area contributed by atoms with Crippen LogP contribution in [0.25, 0.3) is 21.8 Å². The van der Waals surface area contributed by atoms with Gasteiger partial charge in [0.15, 0.2) is 0 Å². The van der Waals surface area contributed by atoms with Gasteiger partial charge >= 0.3 is 7.82 Å². The molecule has 11 N–H and O–H groups in total. The van der Waals surface area contributed by atoms with E-state index in [1.165, 1.54) is 64.6 Å². The fourth-order valence-electron chi connectivity index (χ4n) is 4.26. The Balaban J connectivity index is 1.78. The van der Waals surface area contributed by atoms with Crippen molar-refractivity contribution in [2.45, 2.75) is 23.4 Å². The number of nitrogens with zero attached hydrogens (tertiary/aromatic N) is 2. The molecule has 0 saturated heterocycles. The number of phosphoric ester groups is 1. The van der Waals surface area contributed by atoms with Crippen LogP contribution in [0.5, 0.6) is 11.5 Å². The summed E-state index contributed by atoms with van der Waals surface area (Å²) < 4.78 is 23.8. The first-order chi connectivity index (χ1) is 18.8. The molecule has 0 aliphatic carbocycles. The Labute approximate surface area is 232 Å². The number of benzene rings is 2. The minimum atomic E-state index is -5.19. The Hall–Kier alpha value is -3.09. The normalized spacial score (nSPS) is 14.0. The summed E-state index contributed by atoms with van der Waals surface area (Å²) in [5.41, 5.74) is -0.724. The Morgan fingerprint density at radius 1 is 0.659 bits per heavy atom. The molecule has 0 aliphatic rings. The quantitative estimate of drug-likeness (QED) is 0.0764. The average molecular weight is 599 g/mol. The van der Waals surface area contributed by atoms with Crippen LogP contribution in [0.2, 0.25) is 0 Å². The molecule has 2 heterocycles. The van der Waals surface area contributed by atoms with Gasteiger partial charge in [0.25, 0.3) is 23.4 Å². The predicted octanol–water partition coefficient (Wildman–Crippen LogP) is -1.12. The summed E-state index contributed by atoms with van der Waals surface area (Å²) >= 11 is 0. The first kappa shape index (κ1) is 30.9. The largest absolute Gasteiger partial charge is 0.584 e. The van der Waals surface area contributed by atoms with E-state index in [0.29, 0.717) is 0 Å². The average Bonchev–Trinajstić information content (AvgIpc) is 3.49. The monoisotopic (exact) mass is 598 g/mol. The number of H-pyrrole nitrogens is 2. The second kappa shape index (κ2) is 10.0. The number of phosphoric acid groups is 1. The van der Waals surface area contributed by atoms with Gasteiger partial charge in [0.1, 0.15) is 11.5 Å². The third kappa shape index (κ3) is 4.99. The Bertz CT molecular complexity index is 1510. The van der Waals surface area contributed by atoms with Crippen molar-refractivity contribution in [1.82, 2.24) is 19.8 Å². The van der Waals surface area contributed by atoms with Gasteiger partial charge in [-0.1, -0.05) is 12.1 Å². The fourth-order valence-corrected chi connectivity index (χ4v) is 5.10. The van der Waals surface area contributed by atoms with Crippen molar-refractivity contribution in [1.29, 1.82) is 0 Å². The van der Waals surface area contributed by atoms with Crippen molar-refractivity contribution in [3.8, 4) is 11.5 Å². The minimum Gasteiger partial charge on any atom is -0.394 e. The summed E-state index contributed by atoms with van der Waals surface area (Å²) in [6.07, 6.45) is 2.09. The van der Waals surface area contributed by atoms with Crippen LogP contribution < -0.4 is 9.05 Å². The molecule has 0 radical (unpaired) electrons. The highest BCUT2D eigenvalue weighted by Gasteiger charge is 2.54. The van der Waals surface area contributed by atoms with E-state index >= 15 is 0 Å². The zero-order valence-corrected chi connectivity index (χ0v) is 23.1. The molecule has 0 bridgehead atoms. The van der Waals surface area contributed by atoms with E-state index in [1.807, 2.05) is 0 Å². The highest BCUT2D eigenvalue weighted by molar-refractivity contribution is 7.48. The molecule has 224 valence electrons. The summed E-state index contributed by atoms with van der Waals surface area (Å²) in [7, 11) is -0.508. The van der Waals surface area contributed by atoms with E-state index in [1.54, 1.807) is 0 Å². The Morgan fingerprint density at radius 2 is 1.00 bits per heavy atom. The zero-order chi connectivity index (χ0) is 30.8. The van der Waals surface area contributed by atoms with Crippen molar-refractivity contribution in [2.75, 3.05) is 28.2 Å². The van der Waals surface area contributed by atoms with Gasteiger partial charge in [0, 0.05) is 34.6 Å². The molecule has 0 atom stereocenters. The predicted molar refractivity (Wildman–Crippen MR) is 142 cm³/mol. The number of rotatable bonds is 10. The maximum Gasteiger partial charge on any atom is 0.584 e. The zero-order valence-electron chi connectivity index (χ0n) is 22.2. The molecule has 0 saturated carbocycles. The molecule has 2 aromatic carbocycles. The number of fused-ring (bicyclic) bond motifs is 2. The highest BCUT2D eigenvalue weighted by atomic mass is 31.2. The van der Waals surface area contributed by atoms with E-state index in [4.69, 9.17) is 9.05 Å². The number of aromatic amines is 2. The van der Waals surface area contributed by atoms with E-state index < -0.39 is 53.8 Å². The molecular formula is C24H31N4O12P. The molecule has 0 amide bonds. The molecule has 0 aliphatic heterocycles. The lowest BCUT2D eigenvalue weighted by molar-refractivity contribution is -0.413. The van der Waals surface area contributed by atoms with Crippen molar-refractivity contribution in [3.63, 3.8) is 0 Å². The third-order valence-corrected chi connectivity index (χ3v) is 7.55. The van der Waals surface area contributed by atoms with Crippen LogP contribution in [0.15, 0.2) is 48.8 Å². The van der Waals surface area contributed by atoms with Crippen LogP contribution in [-0.4, -0.2) is 106 Å². The van der Waals surface area contributed by atoms with E-state index in [0.717, 1.165) is 22.2 Å². The van der Waals surface area contributed by atoms with Crippen LogP contribution >= 0.6 is 7.82 Å². The van der Waals surface area contributed by atoms with Crippen molar-refractivity contribution in [3.05, 3.63) is 59.9 Å². The fraction of sp³-hybridized carbons (Fsp3) is 0.333. The van der Waals surface area contributed by atoms with Gasteiger partial charge in [0.2, 0.25) is 0 Å². The lowest BCUT2D eigenvalue weighted by Gasteiger charge is -2.39. The topological polar surface area (TPSA) is 256 Å². The summed E-state index contributed by atoms with van der Waals surface area (Å²) in [4.78, 5) is 17.5. The lowest BCUT2D eigenvalue weighted by atomic mass is 10.00. The summed E-state index contributed by atoms with van der Waals surface area (Å²) in [5.74, 6) is -13.9. The van der Waals surface area contributed by atoms with Crippen molar-refractivity contribution in [2.24, 2.45) is 0 Å². The number of hydrogen-bond acceptors (Lipinski definition) is 13. The first-order valence-electron chi connectivity index (χ1n) is 11.8. The van der Waals surface area contributed by atoms with Gasteiger partial charge in [-0.25, -0.2) is 4.57 Å². The number of hydrogen-bond donors (Lipinski definition) is 11. The minimum absolute atomic E-state index is 0.158. The maximum absolute atomic E-state index is 13.2. The number of aromatic nitrogens is 2. The standard InChI is InChI=1S/C24H31N4O12P/c1-27(2)23(33,34)21(29,30)13-11-25-15-7-5-9-17(19(13)15)39-41(37,38)40-18-10-6-8-16-20(18)14(12-26-16)22(31,32)24(35,36)28(3)4/h5-12,25-26,29-36H,1-4H3,(H,37,38). The van der Waals surface area contributed by atoms with Gasteiger partial charge in [-0.2, -0.15) is 0 Å². The molecule has 0 spiro atoms. The van der Waals surface area contributed by atoms with E-state index in [2.05, 4.69) is 9.97 Å². The van der Waals surface area contributed by atoms with Gasteiger partial charge < -0.3 is 59.9 Å². The Morgan fingerprint density at radius 3 is 1.32 bits per heavy atom. The van der Waals surface area contributed by atoms with Crippen LogP contribution in [0.1, 0.15) is 11.1 Å². The van der Waals surface area contributed by atoms with E-state index in [9.17, 15) is 50.3 Å². The van der Waals surface area contributed by atoms with Crippen LogP contribution in [0.4, 0.5) is 0 Å². The highest BCUT2D eigenvalue weighted by Crippen LogP contribution is 2.50. The van der Waals surface area contributed by atoms with Gasteiger partial charge in [-0.15, -0.1) is 0 Å². The van der Waals surface area contributed by atoms with Crippen LogP contribution in [-0.2, 0) is 16.1 Å². The molecule has 41 heavy (non-hydrogen) atoms. The SMILES string of the molecule is CN(C)C(O)(O)C(O)(O)c1c[nH]c2cccc(OP(=O)(O)Oc3cccc4[nH]cc(C(O)(O)C(O)(O)N(C)C)c34)c12. The van der Waals surface area contributed by atoms with Crippen molar-refractivity contribution >= 4 is 29.6 Å². The third-order valence-electron chi connectivity index (χ3n) is 6.70. The molecular weight excluding hydrogens is 567 g/mol.